The van der Waals surface area contributed by atoms with Crippen LogP contribution in [-0.4, -0.2) is 14.5 Å². The van der Waals surface area contributed by atoms with Crippen LogP contribution in [0.15, 0.2) is 54.6 Å². The molecule has 0 bridgehead atoms. The highest BCUT2D eigenvalue weighted by atomic mass is 32.1. The first-order valence-corrected chi connectivity index (χ1v) is 17.5. The van der Waals surface area contributed by atoms with Gasteiger partial charge in [0.15, 0.2) is 11.6 Å². The Kier molecular flexibility index (Phi) is 11.5. The molecule has 0 saturated heterocycles. The van der Waals surface area contributed by atoms with Crippen LogP contribution in [0.5, 0.6) is 5.75 Å². The molecule has 0 aliphatic carbocycles. The number of rotatable bonds is 15. The van der Waals surface area contributed by atoms with Gasteiger partial charge < -0.3 is 4.74 Å². The molecule has 1 nitrogen and oxygen atoms in total. The number of aryl methyl sites for hydroxylation is 1. The Morgan fingerprint density at radius 2 is 1.40 bits per heavy atom. The van der Waals surface area contributed by atoms with E-state index in [2.05, 4.69) is 63.3 Å². The average molecular weight is 511 g/mol. The van der Waals surface area contributed by atoms with E-state index in [-0.39, 0.29) is 11.5 Å². The molecular weight excluding hydrogens is 467 g/mol. The molecule has 190 valence electrons. The molecule has 0 spiro atoms. The molecule has 1 atom stereocenters. The first-order chi connectivity index (χ1) is 17.0. The molecule has 0 aliphatic rings. The summed E-state index contributed by atoms with van der Waals surface area (Å²) in [6.07, 6.45) is 12.3. The van der Waals surface area contributed by atoms with Crippen molar-refractivity contribution < 1.29 is 9.13 Å². The Labute approximate surface area is 218 Å². The van der Waals surface area contributed by atoms with Crippen LogP contribution in [0.25, 0.3) is 20.9 Å². The van der Waals surface area contributed by atoms with Gasteiger partial charge >= 0.3 is 0 Å². The lowest BCUT2D eigenvalue weighted by Crippen LogP contribution is -2.31. The molecule has 1 unspecified atom stereocenters. The van der Waals surface area contributed by atoms with Gasteiger partial charge in [-0.2, -0.15) is 0 Å². The predicted octanol–water partition coefficient (Wildman–Crippen LogP) is 10.1. The number of hydrogen-bond acceptors (Lipinski definition) is 2. The van der Waals surface area contributed by atoms with Crippen LogP contribution in [0.2, 0.25) is 13.1 Å². The number of unbranched alkanes of at least 4 members (excludes halogenated alkanes) is 6. The van der Waals surface area contributed by atoms with Crippen molar-refractivity contribution in [3.8, 4) is 26.6 Å². The monoisotopic (exact) mass is 510 g/mol. The van der Waals surface area contributed by atoms with Gasteiger partial charge in [0, 0.05) is 9.75 Å². The van der Waals surface area contributed by atoms with Crippen molar-refractivity contribution in [2.75, 3.05) is 0 Å². The first-order valence-electron chi connectivity index (χ1n) is 13.7. The zero-order chi connectivity index (χ0) is 25.0. The van der Waals surface area contributed by atoms with Gasteiger partial charge in [-0.15, -0.1) is 11.3 Å². The van der Waals surface area contributed by atoms with E-state index in [1.807, 2.05) is 12.1 Å². The van der Waals surface area contributed by atoms with Crippen LogP contribution in [0.3, 0.4) is 0 Å². The third kappa shape index (κ3) is 8.61. The fourth-order valence-corrected chi connectivity index (χ4v) is 6.78. The molecule has 35 heavy (non-hydrogen) atoms. The van der Waals surface area contributed by atoms with Gasteiger partial charge in [-0.05, 0) is 66.3 Å². The highest BCUT2D eigenvalue weighted by Gasteiger charge is 2.18. The van der Waals surface area contributed by atoms with E-state index in [0.717, 1.165) is 23.3 Å². The molecule has 0 aliphatic heterocycles. The second kappa shape index (κ2) is 14.6. The third-order valence-corrected chi connectivity index (χ3v) is 9.88. The highest BCUT2D eigenvalue weighted by Crippen LogP contribution is 2.36. The number of halogens is 1. The predicted molar refractivity (Wildman–Crippen MR) is 155 cm³/mol. The highest BCUT2D eigenvalue weighted by molar-refractivity contribution is 7.18. The minimum atomic E-state index is -1.03. The smallest absolute Gasteiger partial charge is 0.165 e. The van der Waals surface area contributed by atoms with Gasteiger partial charge in [-0.1, -0.05) is 96.2 Å². The van der Waals surface area contributed by atoms with E-state index in [1.165, 1.54) is 67.4 Å². The summed E-state index contributed by atoms with van der Waals surface area (Å²) in [7, 11) is -1.03. The summed E-state index contributed by atoms with van der Waals surface area (Å²) in [5, 5.41) is 0. The summed E-state index contributed by atoms with van der Waals surface area (Å²) in [5.74, 6) is 0.153. The molecule has 2 aromatic carbocycles. The second-order valence-electron chi connectivity index (χ2n) is 10.1. The minimum absolute atomic E-state index is 0.190. The number of benzene rings is 2. The fraction of sp³-hybridized carbons (Fsp3) is 0.484. The fourth-order valence-electron chi connectivity index (χ4n) is 4.45. The molecule has 0 saturated carbocycles. The van der Waals surface area contributed by atoms with Gasteiger partial charge in [0.1, 0.15) is 0 Å². The lowest BCUT2D eigenvalue weighted by atomic mass is 10.0. The number of thiophene rings is 1. The molecule has 0 amide bonds. The maximum atomic E-state index is 15.0. The largest absolute Gasteiger partial charge is 0.491 e. The Balaban J connectivity index is 1.63. The molecule has 4 heteroatoms. The Hall–Kier alpha value is -1.91. The SMILES string of the molecule is CCCCCCc1ccc(-c2ccc(-c3ccc(OC(CCCCCC)[SiH](C)C)c(F)c3)s2)cc1. The van der Waals surface area contributed by atoms with Crippen molar-refractivity contribution in [2.24, 2.45) is 0 Å². The van der Waals surface area contributed by atoms with E-state index in [9.17, 15) is 0 Å². The Morgan fingerprint density at radius 3 is 2.03 bits per heavy atom. The molecule has 3 rings (SSSR count). The first kappa shape index (κ1) is 27.7. The molecule has 1 heterocycles. The van der Waals surface area contributed by atoms with E-state index in [1.54, 1.807) is 17.4 Å². The Morgan fingerprint density at radius 1 is 0.771 bits per heavy atom. The maximum Gasteiger partial charge on any atom is 0.165 e. The normalized spacial score (nSPS) is 12.3. The maximum absolute atomic E-state index is 15.0. The third-order valence-electron chi connectivity index (χ3n) is 6.74. The van der Waals surface area contributed by atoms with Crippen LogP contribution >= 0.6 is 11.3 Å². The van der Waals surface area contributed by atoms with Gasteiger partial charge in [-0.3, -0.25) is 0 Å². The van der Waals surface area contributed by atoms with Crippen LogP contribution in [-0.2, 0) is 6.42 Å². The average Bonchev–Trinajstić information content (AvgIpc) is 3.35. The standard InChI is InChI=1S/C31H43FOSSi/c1-5-7-9-11-13-24-15-17-25(18-16-24)29-21-22-30(34-29)26-19-20-28(27(32)23-26)33-31(35(3)4)14-12-10-8-6-2/h15-23,31,35H,5-14H2,1-4H3. The van der Waals surface area contributed by atoms with Crippen molar-refractivity contribution in [3.63, 3.8) is 0 Å². The summed E-state index contributed by atoms with van der Waals surface area (Å²) in [5.41, 5.74) is 3.74. The van der Waals surface area contributed by atoms with Gasteiger partial charge in [0.05, 0.1) is 14.5 Å². The molecular formula is C31H43FOSSi. The summed E-state index contributed by atoms with van der Waals surface area (Å²) >= 11 is 1.72. The quantitative estimate of drug-likeness (QED) is 0.146. The number of ether oxygens (including phenoxy) is 1. The molecule has 3 aromatic rings. The molecule has 0 fully saturated rings. The van der Waals surface area contributed by atoms with E-state index in [4.69, 9.17) is 4.74 Å². The molecule has 0 radical (unpaired) electrons. The Bertz CT molecular complexity index is 1010. The second-order valence-corrected chi connectivity index (χ2v) is 14.4. The van der Waals surface area contributed by atoms with Crippen molar-refractivity contribution >= 4 is 20.1 Å². The van der Waals surface area contributed by atoms with Gasteiger partial charge in [0.2, 0.25) is 0 Å². The van der Waals surface area contributed by atoms with Crippen LogP contribution in [0, 0.1) is 5.82 Å². The molecule has 0 N–H and O–H groups in total. The van der Waals surface area contributed by atoms with E-state index < -0.39 is 8.80 Å². The summed E-state index contributed by atoms with van der Waals surface area (Å²) in [6.45, 7) is 9.07. The van der Waals surface area contributed by atoms with Crippen LogP contribution in [0.1, 0.15) is 77.2 Å². The zero-order valence-electron chi connectivity index (χ0n) is 22.1. The topological polar surface area (TPSA) is 9.23 Å². The summed E-state index contributed by atoms with van der Waals surface area (Å²) in [6, 6.07) is 18.7. The summed E-state index contributed by atoms with van der Waals surface area (Å²) in [4.78, 5) is 2.31. The zero-order valence-corrected chi connectivity index (χ0v) is 24.1. The molecule has 1 aromatic heterocycles. The number of hydrogen-bond donors (Lipinski definition) is 0. The van der Waals surface area contributed by atoms with Crippen molar-refractivity contribution in [1.82, 2.24) is 0 Å². The van der Waals surface area contributed by atoms with Crippen molar-refractivity contribution in [3.05, 3.63) is 66.0 Å². The minimum Gasteiger partial charge on any atom is -0.491 e. The lowest BCUT2D eigenvalue weighted by Gasteiger charge is -2.22. The van der Waals surface area contributed by atoms with Gasteiger partial charge in [0.25, 0.3) is 0 Å². The van der Waals surface area contributed by atoms with Crippen molar-refractivity contribution in [1.29, 1.82) is 0 Å². The van der Waals surface area contributed by atoms with E-state index in [0.29, 0.717) is 5.75 Å². The van der Waals surface area contributed by atoms with Crippen molar-refractivity contribution in [2.45, 2.75) is 96.9 Å². The van der Waals surface area contributed by atoms with Crippen LogP contribution < -0.4 is 4.74 Å². The summed E-state index contributed by atoms with van der Waals surface area (Å²) < 4.78 is 21.2. The van der Waals surface area contributed by atoms with E-state index >= 15 is 4.39 Å². The lowest BCUT2D eigenvalue weighted by molar-refractivity contribution is 0.246. The van der Waals surface area contributed by atoms with Gasteiger partial charge in [-0.25, -0.2) is 4.39 Å². The van der Waals surface area contributed by atoms with Crippen LogP contribution in [0.4, 0.5) is 4.39 Å².